The number of pyridine rings is 3. The van der Waals surface area contributed by atoms with Crippen molar-refractivity contribution in [2.24, 2.45) is 5.41 Å². The second kappa shape index (κ2) is 10.7. The van der Waals surface area contributed by atoms with E-state index in [1.807, 2.05) is 48.9 Å². The molecule has 3 aromatic heterocycles. The molecule has 210 valence electrons. The van der Waals surface area contributed by atoms with Crippen molar-refractivity contribution in [3.63, 3.8) is 0 Å². The Hall–Kier alpha value is -4.57. The van der Waals surface area contributed by atoms with Crippen LogP contribution in [0.3, 0.4) is 0 Å². The Morgan fingerprint density at radius 1 is 0.571 bits per heavy atom. The number of nitrogens with zero attached hydrogens (tertiary/aromatic N) is 3. The summed E-state index contributed by atoms with van der Waals surface area (Å²) in [5, 5.41) is 4.70. The molecule has 0 saturated carbocycles. The molecule has 0 amide bonds. The van der Waals surface area contributed by atoms with E-state index < -0.39 is 0 Å². The van der Waals surface area contributed by atoms with Crippen LogP contribution >= 0.6 is 0 Å². The maximum atomic E-state index is 6.38. The number of benzene rings is 3. The minimum absolute atomic E-state index is 0.0553. The van der Waals surface area contributed by atoms with E-state index in [0.29, 0.717) is 0 Å². The Labute approximate surface area is 248 Å². The summed E-state index contributed by atoms with van der Waals surface area (Å²) < 4.78 is 6.38. The van der Waals surface area contributed by atoms with Crippen LogP contribution in [0.15, 0.2) is 104 Å². The van der Waals surface area contributed by atoms with Crippen molar-refractivity contribution in [3.05, 3.63) is 115 Å². The Morgan fingerprint density at radius 3 is 1.90 bits per heavy atom. The molecule has 3 aromatic carbocycles. The average Bonchev–Trinajstić information content (AvgIpc) is 2.96. The lowest BCUT2D eigenvalue weighted by atomic mass is 9.87. The van der Waals surface area contributed by atoms with Crippen molar-refractivity contribution in [3.8, 4) is 34.0 Å². The monoisotopic (exact) mass is 551 g/mol. The van der Waals surface area contributed by atoms with E-state index in [1.54, 1.807) is 0 Å². The van der Waals surface area contributed by atoms with E-state index in [4.69, 9.17) is 14.7 Å². The number of fused-ring (bicyclic) bond motifs is 3. The highest BCUT2D eigenvalue weighted by Gasteiger charge is 2.17. The van der Waals surface area contributed by atoms with Crippen molar-refractivity contribution in [2.75, 3.05) is 0 Å². The Bertz CT molecular complexity index is 1910. The molecule has 3 heterocycles. The number of hydrogen-bond donors (Lipinski definition) is 0. The van der Waals surface area contributed by atoms with Gasteiger partial charge in [-0.2, -0.15) is 0 Å². The Balaban J connectivity index is 1.34. The molecule has 0 saturated heterocycles. The van der Waals surface area contributed by atoms with Gasteiger partial charge in [0.1, 0.15) is 11.5 Å². The van der Waals surface area contributed by atoms with Gasteiger partial charge in [0, 0.05) is 46.2 Å². The number of rotatable bonds is 5. The van der Waals surface area contributed by atoms with E-state index in [0.717, 1.165) is 51.5 Å². The van der Waals surface area contributed by atoms with E-state index in [-0.39, 0.29) is 10.8 Å². The van der Waals surface area contributed by atoms with Gasteiger partial charge in [-0.25, -0.2) is 0 Å². The zero-order chi connectivity index (χ0) is 29.5. The summed E-state index contributed by atoms with van der Waals surface area (Å²) in [5.74, 6) is 1.53. The second-order valence-electron chi connectivity index (χ2n) is 13.2. The van der Waals surface area contributed by atoms with Gasteiger partial charge in [-0.3, -0.25) is 15.0 Å². The normalized spacial score (nSPS) is 12.1. The quantitative estimate of drug-likeness (QED) is 0.200. The first-order valence-corrected chi connectivity index (χ1v) is 14.6. The van der Waals surface area contributed by atoms with Gasteiger partial charge < -0.3 is 4.74 Å². The first kappa shape index (κ1) is 27.6. The molecule has 4 heteroatoms. The van der Waals surface area contributed by atoms with Crippen LogP contribution < -0.4 is 4.74 Å². The summed E-state index contributed by atoms with van der Waals surface area (Å²) in [7, 11) is 0. The van der Waals surface area contributed by atoms with Crippen LogP contribution in [0.2, 0.25) is 0 Å². The molecule has 0 unspecified atom stereocenters. The van der Waals surface area contributed by atoms with Crippen molar-refractivity contribution in [1.82, 2.24) is 15.0 Å². The predicted molar refractivity (Wildman–Crippen MR) is 174 cm³/mol. The highest BCUT2D eigenvalue weighted by molar-refractivity contribution is 6.11. The molecule has 42 heavy (non-hydrogen) atoms. The van der Waals surface area contributed by atoms with Crippen LogP contribution in [0.1, 0.15) is 52.8 Å². The fraction of sp³-hybridized carbons (Fsp3) is 0.237. The smallest absolute Gasteiger partial charge is 0.128 e. The maximum absolute atomic E-state index is 6.38. The predicted octanol–water partition coefficient (Wildman–Crippen LogP) is 10.2. The number of ether oxygens (including phenoxy) is 1. The second-order valence-corrected chi connectivity index (χ2v) is 13.2. The van der Waals surface area contributed by atoms with Gasteiger partial charge in [-0.1, -0.05) is 77.9 Å². The van der Waals surface area contributed by atoms with Gasteiger partial charge in [-0.15, -0.1) is 0 Å². The summed E-state index contributed by atoms with van der Waals surface area (Å²) in [4.78, 5) is 14.2. The zero-order valence-electron chi connectivity index (χ0n) is 25.3. The molecule has 0 spiro atoms. The summed E-state index contributed by atoms with van der Waals surface area (Å²) in [5.41, 5.74) is 6.52. The van der Waals surface area contributed by atoms with Crippen LogP contribution in [0.25, 0.3) is 44.1 Å². The van der Waals surface area contributed by atoms with Gasteiger partial charge in [0.2, 0.25) is 0 Å². The van der Waals surface area contributed by atoms with Crippen molar-refractivity contribution < 1.29 is 4.74 Å². The molecule has 0 bridgehead atoms. The van der Waals surface area contributed by atoms with Crippen LogP contribution in [-0.2, 0) is 11.8 Å². The van der Waals surface area contributed by atoms with E-state index in [1.165, 1.54) is 21.7 Å². The summed E-state index contributed by atoms with van der Waals surface area (Å²) in [6.07, 6.45) is 6.64. The van der Waals surface area contributed by atoms with E-state index >= 15 is 0 Å². The lowest BCUT2D eigenvalue weighted by molar-refractivity contribution is 0.408. The maximum Gasteiger partial charge on any atom is 0.128 e. The molecule has 0 aliphatic heterocycles. The molecular weight excluding hydrogens is 514 g/mol. The lowest BCUT2D eigenvalue weighted by Gasteiger charge is -2.19. The van der Waals surface area contributed by atoms with Gasteiger partial charge in [0.25, 0.3) is 0 Å². The van der Waals surface area contributed by atoms with E-state index in [2.05, 4.69) is 101 Å². The third kappa shape index (κ3) is 5.75. The fourth-order valence-electron chi connectivity index (χ4n) is 5.47. The molecule has 0 aliphatic rings. The SMILES string of the molecule is CC(C)(C)Cc1nccc2c1ccc1c(-c3cccc(Oc4cccc(-c5cc(C(C)(C)C)ccn5)c4)c3)nccc12. The van der Waals surface area contributed by atoms with Crippen LogP contribution in [0.4, 0.5) is 0 Å². The largest absolute Gasteiger partial charge is 0.457 e. The van der Waals surface area contributed by atoms with Crippen molar-refractivity contribution in [1.29, 1.82) is 0 Å². The topological polar surface area (TPSA) is 47.9 Å². The molecule has 0 fully saturated rings. The van der Waals surface area contributed by atoms with Gasteiger partial charge in [-0.05, 0) is 82.1 Å². The molecular formula is C38H37N3O. The highest BCUT2D eigenvalue weighted by atomic mass is 16.5. The van der Waals surface area contributed by atoms with Crippen molar-refractivity contribution >= 4 is 21.5 Å². The highest BCUT2D eigenvalue weighted by Crippen LogP contribution is 2.36. The van der Waals surface area contributed by atoms with Gasteiger partial charge >= 0.3 is 0 Å². The molecule has 6 aromatic rings. The molecule has 4 nitrogen and oxygen atoms in total. The van der Waals surface area contributed by atoms with Gasteiger partial charge in [0.15, 0.2) is 0 Å². The number of aromatic nitrogens is 3. The first-order chi connectivity index (χ1) is 20.0. The minimum Gasteiger partial charge on any atom is -0.457 e. The van der Waals surface area contributed by atoms with Crippen LogP contribution in [-0.4, -0.2) is 15.0 Å². The Morgan fingerprint density at radius 2 is 1.19 bits per heavy atom. The van der Waals surface area contributed by atoms with E-state index in [9.17, 15) is 0 Å². The third-order valence-corrected chi connectivity index (χ3v) is 7.57. The lowest BCUT2D eigenvalue weighted by Crippen LogP contribution is -2.11. The third-order valence-electron chi connectivity index (χ3n) is 7.57. The summed E-state index contributed by atoms with van der Waals surface area (Å²) in [6.45, 7) is 13.4. The molecule has 0 aliphatic carbocycles. The van der Waals surface area contributed by atoms with Crippen LogP contribution in [0, 0.1) is 5.41 Å². The summed E-state index contributed by atoms with van der Waals surface area (Å²) >= 11 is 0. The number of hydrogen-bond acceptors (Lipinski definition) is 4. The Kier molecular flexibility index (Phi) is 7.02. The molecule has 0 N–H and O–H groups in total. The average molecular weight is 552 g/mol. The molecule has 0 atom stereocenters. The first-order valence-electron chi connectivity index (χ1n) is 14.6. The molecule has 0 radical (unpaired) electrons. The van der Waals surface area contributed by atoms with Crippen LogP contribution in [0.5, 0.6) is 11.5 Å². The zero-order valence-corrected chi connectivity index (χ0v) is 25.3. The standard InChI is InChI=1S/C38H37N3O/c1-37(2,3)24-35-32-13-14-33-31(30(32)16-19-40-35)17-20-41-36(33)26-10-8-12-29(22-26)42-28-11-7-9-25(21-28)34-23-27(15-18-39-34)38(4,5)6/h7-23H,24H2,1-6H3. The minimum atomic E-state index is 0.0553. The van der Waals surface area contributed by atoms with Gasteiger partial charge in [0.05, 0.1) is 11.4 Å². The molecule has 6 rings (SSSR count). The fourth-order valence-corrected chi connectivity index (χ4v) is 5.47. The summed E-state index contributed by atoms with van der Waals surface area (Å²) in [6, 6.07) is 29.1. The van der Waals surface area contributed by atoms with Crippen molar-refractivity contribution in [2.45, 2.75) is 53.4 Å².